The normalized spacial score (nSPS) is 10.7. The van der Waals surface area contributed by atoms with Gasteiger partial charge in [0.1, 0.15) is 23.8 Å². The average Bonchev–Trinajstić information content (AvgIpc) is 2.31. The summed E-state index contributed by atoms with van der Waals surface area (Å²) in [6.07, 6.45) is 1.37. The lowest BCUT2D eigenvalue weighted by molar-refractivity contribution is 0.631. The van der Waals surface area contributed by atoms with Crippen LogP contribution in [0.4, 0.5) is 21.7 Å². The molecule has 0 unspecified atom stereocenters. The van der Waals surface area contributed by atoms with Crippen LogP contribution in [-0.2, 0) is 0 Å². The first kappa shape index (κ1) is 12.3. The zero-order valence-corrected chi connectivity index (χ0v) is 10.3. The fourth-order valence-corrected chi connectivity index (χ4v) is 1.77. The van der Waals surface area contributed by atoms with Gasteiger partial charge in [-0.15, -0.1) is 0 Å². The van der Waals surface area contributed by atoms with Gasteiger partial charge in [0.05, 0.1) is 5.69 Å². The van der Waals surface area contributed by atoms with E-state index in [4.69, 9.17) is 5.73 Å². The van der Waals surface area contributed by atoms with Gasteiger partial charge in [-0.1, -0.05) is 26.0 Å². The van der Waals surface area contributed by atoms with Crippen molar-refractivity contribution in [1.29, 1.82) is 0 Å². The van der Waals surface area contributed by atoms with Crippen LogP contribution in [0.1, 0.15) is 25.3 Å². The lowest BCUT2D eigenvalue weighted by Gasteiger charge is -2.15. The van der Waals surface area contributed by atoms with E-state index < -0.39 is 0 Å². The topological polar surface area (TPSA) is 63.8 Å². The number of anilines is 3. The number of benzene rings is 1. The van der Waals surface area contributed by atoms with Gasteiger partial charge in [-0.3, -0.25) is 0 Å². The first-order valence-corrected chi connectivity index (χ1v) is 5.71. The highest BCUT2D eigenvalue weighted by Gasteiger charge is 2.14. The predicted molar refractivity (Wildman–Crippen MR) is 70.2 cm³/mol. The molecule has 0 atom stereocenters. The highest BCUT2D eigenvalue weighted by Crippen LogP contribution is 2.29. The second kappa shape index (κ2) is 5.00. The Balaban J connectivity index is 2.41. The molecule has 4 nitrogen and oxygen atoms in total. The van der Waals surface area contributed by atoms with Gasteiger partial charge in [0.15, 0.2) is 0 Å². The Morgan fingerprint density at radius 3 is 2.61 bits per heavy atom. The molecule has 94 valence electrons. The highest BCUT2D eigenvalue weighted by molar-refractivity contribution is 5.64. The van der Waals surface area contributed by atoms with Crippen LogP contribution in [0, 0.1) is 5.82 Å². The summed E-state index contributed by atoms with van der Waals surface area (Å²) in [5.41, 5.74) is 6.99. The number of nitrogens with two attached hydrogens (primary N) is 1. The molecule has 0 aliphatic heterocycles. The first-order valence-electron chi connectivity index (χ1n) is 5.71. The molecule has 0 bridgehead atoms. The van der Waals surface area contributed by atoms with E-state index in [9.17, 15) is 4.39 Å². The molecule has 3 N–H and O–H groups in total. The monoisotopic (exact) mass is 246 g/mol. The second-order valence-corrected chi connectivity index (χ2v) is 4.28. The number of nitrogens with one attached hydrogen (secondary N) is 1. The minimum atomic E-state index is -0.329. The van der Waals surface area contributed by atoms with Crippen LogP contribution >= 0.6 is 0 Å². The van der Waals surface area contributed by atoms with Gasteiger partial charge in [0, 0.05) is 5.56 Å². The molecule has 2 aromatic rings. The van der Waals surface area contributed by atoms with Crippen LogP contribution in [0.2, 0.25) is 0 Å². The SMILES string of the molecule is CC(C)c1c(N)ncnc1Nc1ccccc1F. The van der Waals surface area contributed by atoms with E-state index in [0.717, 1.165) is 5.56 Å². The Bertz CT molecular complexity index is 554. The van der Waals surface area contributed by atoms with Crippen molar-refractivity contribution < 1.29 is 4.39 Å². The summed E-state index contributed by atoms with van der Waals surface area (Å²) >= 11 is 0. The standard InChI is InChI=1S/C13H15FN4/c1-8(2)11-12(15)16-7-17-13(11)18-10-6-4-3-5-9(10)14/h3-8H,1-2H3,(H3,15,16,17,18). The molecule has 0 aliphatic rings. The molecule has 1 heterocycles. The zero-order valence-electron chi connectivity index (χ0n) is 10.3. The van der Waals surface area contributed by atoms with Crippen LogP contribution in [0.3, 0.4) is 0 Å². The van der Waals surface area contributed by atoms with Gasteiger partial charge in [0.25, 0.3) is 0 Å². The van der Waals surface area contributed by atoms with Gasteiger partial charge < -0.3 is 11.1 Å². The molecular formula is C13H15FN4. The molecule has 0 saturated carbocycles. The third-order valence-corrected chi connectivity index (χ3v) is 2.62. The number of hydrogen-bond acceptors (Lipinski definition) is 4. The molecule has 1 aromatic carbocycles. The minimum absolute atomic E-state index is 0.153. The van der Waals surface area contributed by atoms with Crippen molar-refractivity contribution in [1.82, 2.24) is 9.97 Å². The largest absolute Gasteiger partial charge is 0.383 e. The quantitative estimate of drug-likeness (QED) is 0.873. The fraction of sp³-hybridized carbons (Fsp3) is 0.231. The average molecular weight is 246 g/mol. The van der Waals surface area contributed by atoms with E-state index in [1.165, 1.54) is 12.4 Å². The van der Waals surface area contributed by atoms with Crippen LogP contribution in [-0.4, -0.2) is 9.97 Å². The van der Waals surface area contributed by atoms with Crippen molar-refractivity contribution in [2.75, 3.05) is 11.1 Å². The van der Waals surface area contributed by atoms with Crippen molar-refractivity contribution in [3.63, 3.8) is 0 Å². The van der Waals surface area contributed by atoms with Crippen LogP contribution in [0.15, 0.2) is 30.6 Å². The van der Waals surface area contributed by atoms with Crippen LogP contribution in [0.25, 0.3) is 0 Å². The highest BCUT2D eigenvalue weighted by atomic mass is 19.1. The Hall–Kier alpha value is -2.17. The summed E-state index contributed by atoms with van der Waals surface area (Å²) in [6, 6.07) is 6.43. The Kier molecular flexibility index (Phi) is 3.41. The number of rotatable bonds is 3. The number of aromatic nitrogens is 2. The van der Waals surface area contributed by atoms with Crippen LogP contribution < -0.4 is 11.1 Å². The summed E-state index contributed by atoms with van der Waals surface area (Å²) in [5, 5.41) is 2.96. The van der Waals surface area contributed by atoms with Gasteiger partial charge in [0.2, 0.25) is 0 Å². The number of para-hydroxylation sites is 1. The molecule has 18 heavy (non-hydrogen) atoms. The second-order valence-electron chi connectivity index (χ2n) is 4.28. The molecule has 0 saturated heterocycles. The van der Waals surface area contributed by atoms with Gasteiger partial charge in [-0.2, -0.15) is 0 Å². The molecular weight excluding hydrogens is 231 g/mol. The van der Waals surface area contributed by atoms with E-state index in [-0.39, 0.29) is 11.7 Å². The maximum Gasteiger partial charge on any atom is 0.146 e. The summed E-state index contributed by atoms with van der Waals surface area (Å²) in [7, 11) is 0. The van der Waals surface area contributed by atoms with Crippen molar-refractivity contribution in [2.24, 2.45) is 0 Å². The third-order valence-electron chi connectivity index (χ3n) is 2.62. The maximum atomic E-state index is 13.6. The lowest BCUT2D eigenvalue weighted by atomic mass is 10.0. The Labute approximate surface area is 105 Å². The molecule has 2 rings (SSSR count). The van der Waals surface area contributed by atoms with E-state index in [0.29, 0.717) is 17.3 Å². The zero-order chi connectivity index (χ0) is 13.1. The number of halogens is 1. The van der Waals surface area contributed by atoms with Gasteiger partial charge >= 0.3 is 0 Å². The predicted octanol–water partition coefficient (Wildman–Crippen LogP) is 3.06. The van der Waals surface area contributed by atoms with E-state index in [1.54, 1.807) is 18.2 Å². The van der Waals surface area contributed by atoms with Gasteiger partial charge in [-0.25, -0.2) is 14.4 Å². The Morgan fingerprint density at radius 1 is 1.22 bits per heavy atom. The van der Waals surface area contributed by atoms with Crippen molar-refractivity contribution in [2.45, 2.75) is 19.8 Å². The number of nitrogen functional groups attached to an aromatic ring is 1. The van der Waals surface area contributed by atoms with Gasteiger partial charge in [-0.05, 0) is 18.1 Å². The van der Waals surface area contributed by atoms with Crippen molar-refractivity contribution >= 4 is 17.3 Å². The fourth-order valence-electron chi connectivity index (χ4n) is 1.77. The number of hydrogen-bond donors (Lipinski definition) is 2. The van der Waals surface area contributed by atoms with E-state index in [1.807, 2.05) is 13.8 Å². The summed E-state index contributed by atoms with van der Waals surface area (Å²) in [4.78, 5) is 8.09. The molecule has 0 aliphatic carbocycles. The molecule has 0 fully saturated rings. The van der Waals surface area contributed by atoms with E-state index in [2.05, 4.69) is 15.3 Å². The number of nitrogens with zero attached hydrogens (tertiary/aromatic N) is 2. The molecule has 5 heteroatoms. The Morgan fingerprint density at radius 2 is 1.94 bits per heavy atom. The maximum absolute atomic E-state index is 13.6. The van der Waals surface area contributed by atoms with Crippen LogP contribution in [0.5, 0.6) is 0 Å². The molecule has 1 aromatic heterocycles. The summed E-state index contributed by atoms with van der Waals surface area (Å²) in [5.74, 6) is 0.784. The molecule has 0 amide bonds. The molecule has 0 radical (unpaired) electrons. The molecule has 0 spiro atoms. The van der Waals surface area contributed by atoms with Crippen molar-refractivity contribution in [3.05, 3.63) is 42.0 Å². The third kappa shape index (κ3) is 2.40. The smallest absolute Gasteiger partial charge is 0.146 e. The van der Waals surface area contributed by atoms with E-state index >= 15 is 0 Å². The first-order chi connectivity index (χ1) is 8.59. The lowest BCUT2D eigenvalue weighted by Crippen LogP contribution is -2.07. The summed E-state index contributed by atoms with van der Waals surface area (Å²) < 4.78 is 13.6. The van der Waals surface area contributed by atoms with Crippen molar-refractivity contribution in [3.8, 4) is 0 Å². The summed E-state index contributed by atoms with van der Waals surface area (Å²) in [6.45, 7) is 3.98. The minimum Gasteiger partial charge on any atom is -0.383 e.